The third kappa shape index (κ3) is 5.94. The molecular weight excluding hydrogens is 418 g/mol. The number of nitrogens with zero attached hydrogens (tertiary/aromatic N) is 2. The first-order valence-electron chi connectivity index (χ1n) is 10.4. The molecule has 0 bridgehead atoms. The molecule has 31 heavy (non-hydrogen) atoms. The Hall–Kier alpha value is -2.20. The molecule has 1 aliphatic heterocycles. The van der Waals surface area contributed by atoms with Gasteiger partial charge >= 0.3 is 0 Å². The van der Waals surface area contributed by atoms with Gasteiger partial charge in [0.1, 0.15) is 11.5 Å². The average Bonchev–Trinajstić information content (AvgIpc) is 3.14. The molecule has 1 saturated heterocycles. The van der Waals surface area contributed by atoms with E-state index in [1.165, 1.54) is 10.4 Å². The van der Waals surface area contributed by atoms with Crippen LogP contribution in [-0.2, 0) is 26.1 Å². The number of carbonyl (C=O) groups excluding carboxylic acids is 1. The number of rotatable bonds is 8. The molecule has 170 valence electrons. The quantitative estimate of drug-likeness (QED) is 0.666. The number of amides is 1. The molecule has 0 radical (unpaired) electrons. The molecule has 0 spiro atoms. The molecule has 1 N–H and O–H groups in total. The van der Waals surface area contributed by atoms with Crippen molar-refractivity contribution >= 4 is 21.6 Å². The summed E-state index contributed by atoms with van der Waals surface area (Å²) in [5.41, 5.74) is 1.10. The highest BCUT2D eigenvalue weighted by Crippen LogP contribution is 2.24. The molecule has 0 saturated carbocycles. The Labute approximate surface area is 184 Å². The van der Waals surface area contributed by atoms with E-state index in [0.29, 0.717) is 44.1 Å². The Balaban J connectivity index is 1.71. The van der Waals surface area contributed by atoms with Crippen LogP contribution >= 0.6 is 0 Å². The normalized spacial score (nSPS) is 15.5. The monoisotopic (exact) mass is 449 g/mol. The minimum absolute atomic E-state index is 0.131. The fraction of sp³-hybridized carbons (Fsp3) is 0.500. The number of anilines is 1. The van der Waals surface area contributed by atoms with Crippen molar-refractivity contribution in [3.05, 3.63) is 47.4 Å². The molecule has 1 aromatic carbocycles. The van der Waals surface area contributed by atoms with Gasteiger partial charge in [0.05, 0.1) is 31.2 Å². The van der Waals surface area contributed by atoms with Crippen molar-refractivity contribution in [3.8, 4) is 0 Å². The van der Waals surface area contributed by atoms with E-state index in [-0.39, 0.29) is 23.4 Å². The zero-order valence-corrected chi connectivity index (χ0v) is 19.4. The van der Waals surface area contributed by atoms with Gasteiger partial charge in [0.25, 0.3) is 0 Å². The number of ether oxygens (including phenoxy) is 1. The second kappa shape index (κ2) is 9.95. The molecule has 2 aromatic rings. The first-order valence-corrected chi connectivity index (χ1v) is 11.9. The van der Waals surface area contributed by atoms with Crippen LogP contribution in [0.3, 0.4) is 0 Å². The SMILES string of the molecule is Cc1ccc(CN(CC(=O)Nc2ccc(C)c(S(=O)(=O)N3CCOCC3)c2)C(C)C)o1. The Kier molecular flexibility index (Phi) is 7.53. The number of hydrogen-bond donors (Lipinski definition) is 1. The fourth-order valence-electron chi connectivity index (χ4n) is 3.46. The van der Waals surface area contributed by atoms with Crippen molar-refractivity contribution in [2.45, 2.75) is 45.2 Å². The zero-order valence-electron chi connectivity index (χ0n) is 18.6. The summed E-state index contributed by atoms with van der Waals surface area (Å²) in [4.78, 5) is 14.9. The summed E-state index contributed by atoms with van der Waals surface area (Å²) >= 11 is 0. The second-order valence-corrected chi connectivity index (χ2v) is 9.96. The molecule has 2 heterocycles. The topological polar surface area (TPSA) is 92.1 Å². The molecule has 9 heteroatoms. The van der Waals surface area contributed by atoms with Crippen LogP contribution < -0.4 is 5.32 Å². The van der Waals surface area contributed by atoms with Crippen LogP contribution in [0.4, 0.5) is 5.69 Å². The molecule has 3 rings (SSSR count). The molecule has 1 fully saturated rings. The van der Waals surface area contributed by atoms with E-state index in [1.807, 2.05) is 37.8 Å². The Morgan fingerprint density at radius 3 is 2.48 bits per heavy atom. The van der Waals surface area contributed by atoms with Crippen LogP contribution in [0.25, 0.3) is 0 Å². The summed E-state index contributed by atoms with van der Waals surface area (Å²) in [6, 6.07) is 8.91. The predicted octanol–water partition coefficient (Wildman–Crippen LogP) is 2.77. The van der Waals surface area contributed by atoms with Gasteiger partial charge in [-0.05, 0) is 57.5 Å². The summed E-state index contributed by atoms with van der Waals surface area (Å²) in [6.07, 6.45) is 0. The van der Waals surface area contributed by atoms with Crippen molar-refractivity contribution in [2.24, 2.45) is 0 Å². The molecule has 0 unspecified atom stereocenters. The number of benzene rings is 1. The first kappa shape index (κ1) is 23.5. The van der Waals surface area contributed by atoms with E-state index in [4.69, 9.17) is 9.15 Å². The Bertz CT molecular complexity index is 1010. The largest absolute Gasteiger partial charge is 0.465 e. The number of aryl methyl sites for hydroxylation is 2. The molecule has 0 aliphatic carbocycles. The average molecular weight is 450 g/mol. The van der Waals surface area contributed by atoms with Gasteiger partial charge in [0, 0.05) is 24.8 Å². The lowest BCUT2D eigenvalue weighted by Crippen LogP contribution is -2.40. The van der Waals surface area contributed by atoms with Crippen LogP contribution in [0.5, 0.6) is 0 Å². The van der Waals surface area contributed by atoms with Crippen molar-refractivity contribution < 1.29 is 22.4 Å². The Morgan fingerprint density at radius 2 is 1.87 bits per heavy atom. The smallest absolute Gasteiger partial charge is 0.243 e. The minimum Gasteiger partial charge on any atom is -0.465 e. The predicted molar refractivity (Wildman–Crippen MR) is 118 cm³/mol. The second-order valence-electron chi connectivity index (χ2n) is 8.06. The number of sulfonamides is 1. The first-order chi connectivity index (χ1) is 14.7. The summed E-state index contributed by atoms with van der Waals surface area (Å²) in [7, 11) is -3.65. The number of hydrogen-bond acceptors (Lipinski definition) is 6. The molecular formula is C22H31N3O5S. The summed E-state index contributed by atoms with van der Waals surface area (Å²) < 4.78 is 38.4. The van der Waals surface area contributed by atoms with Gasteiger partial charge in [-0.3, -0.25) is 9.69 Å². The Morgan fingerprint density at radius 1 is 1.16 bits per heavy atom. The van der Waals surface area contributed by atoms with Crippen molar-refractivity contribution in [2.75, 3.05) is 38.2 Å². The molecule has 1 aliphatic rings. The third-order valence-corrected chi connectivity index (χ3v) is 7.33. The van der Waals surface area contributed by atoms with Crippen LogP contribution in [0.15, 0.2) is 39.6 Å². The highest BCUT2D eigenvalue weighted by atomic mass is 32.2. The minimum atomic E-state index is -3.65. The fourth-order valence-corrected chi connectivity index (χ4v) is 5.12. The maximum Gasteiger partial charge on any atom is 0.243 e. The van der Waals surface area contributed by atoms with E-state index in [9.17, 15) is 13.2 Å². The van der Waals surface area contributed by atoms with E-state index >= 15 is 0 Å². The molecule has 8 nitrogen and oxygen atoms in total. The van der Waals surface area contributed by atoms with E-state index in [2.05, 4.69) is 5.32 Å². The molecule has 1 amide bonds. The van der Waals surface area contributed by atoms with Crippen LogP contribution in [-0.4, -0.2) is 62.4 Å². The van der Waals surface area contributed by atoms with Crippen LogP contribution in [0.2, 0.25) is 0 Å². The zero-order chi connectivity index (χ0) is 22.6. The number of carbonyl (C=O) groups is 1. The summed E-state index contributed by atoms with van der Waals surface area (Å²) in [5.74, 6) is 1.42. The van der Waals surface area contributed by atoms with Gasteiger partial charge in [-0.15, -0.1) is 0 Å². The maximum atomic E-state index is 13.1. The third-order valence-electron chi connectivity index (χ3n) is 5.29. The van der Waals surface area contributed by atoms with Crippen LogP contribution in [0.1, 0.15) is 30.9 Å². The lowest BCUT2D eigenvalue weighted by atomic mass is 10.2. The number of furan rings is 1. The van der Waals surface area contributed by atoms with Crippen molar-refractivity contribution in [1.82, 2.24) is 9.21 Å². The van der Waals surface area contributed by atoms with Crippen LogP contribution in [0, 0.1) is 13.8 Å². The van der Waals surface area contributed by atoms with Crippen molar-refractivity contribution in [1.29, 1.82) is 0 Å². The van der Waals surface area contributed by atoms with Gasteiger partial charge in [0.2, 0.25) is 15.9 Å². The number of morpholine rings is 1. The highest BCUT2D eigenvalue weighted by molar-refractivity contribution is 7.89. The maximum absolute atomic E-state index is 13.1. The van der Waals surface area contributed by atoms with E-state index < -0.39 is 10.0 Å². The number of nitrogens with one attached hydrogen (secondary N) is 1. The van der Waals surface area contributed by atoms with Crippen molar-refractivity contribution in [3.63, 3.8) is 0 Å². The highest BCUT2D eigenvalue weighted by Gasteiger charge is 2.28. The van der Waals surface area contributed by atoms with Gasteiger partial charge in [-0.2, -0.15) is 4.31 Å². The van der Waals surface area contributed by atoms with E-state index in [0.717, 1.165) is 11.5 Å². The van der Waals surface area contributed by atoms with Gasteiger partial charge in [0.15, 0.2) is 0 Å². The lowest BCUT2D eigenvalue weighted by Gasteiger charge is -2.27. The summed E-state index contributed by atoms with van der Waals surface area (Å²) in [5, 5.41) is 2.84. The van der Waals surface area contributed by atoms with E-state index in [1.54, 1.807) is 19.1 Å². The lowest BCUT2D eigenvalue weighted by molar-refractivity contribution is -0.117. The van der Waals surface area contributed by atoms with Gasteiger partial charge in [-0.25, -0.2) is 8.42 Å². The van der Waals surface area contributed by atoms with Gasteiger partial charge in [-0.1, -0.05) is 6.07 Å². The summed E-state index contributed by atoms with van der Waals surface area (Å²) in [6.45, 7) is 9.77. The van der Waals surface area contributed by atoms with Gasteiger partial charge < -0.3 is 14.5 Å². The molecule has 1 aromatic heterocycles. The molecule has 0 atom stereocenters. The standard InChI is InChI=1S/C22H31N3O5S/c1-16(2)24(14-20-8-6-18(4)30-20)15-22(26)23-19-7-5-17(3)21(13-19)31(27,28)25-9-11-29-12-10-25/h5-8,13,16H,9-12,14-15H2,1-4H3,(H,23,26).